The molecule has 0 fully saturated rings. The second-order valence-electron chi connectivity index (χ2n) is 3.10. The molecule has 0 radical (unpaired) electrons. The zero-order valence-electron chi connectivity index (χ0n) is 7.80. The van der Waals surface area contributed by atoms with Crippen molar-refractivity contribution in [2.75, 3.05) is 0 Å². The summed E-state index contributed by atoms with van der Waals surface area (Å²) in [5, 5.41) is 11.3. The third-order valence-corrected chi connectivity index (χ3v) is 2.78. The molecule has 0 saturated heterocycles. The van der Waals surface area contributed by atoms with Crippen molar-refractivity contribution < 1.29 is 9.52 Å². The normalized spacial score (nSPS) is 13.0. The van der Waals surface area contributed by atoms with E-state index in [2.05, 4.69) is 4.98 Å². The summed E-state index contributed by atoms with van der Waals surface area (Å²) in [5.74, 6) is 0.656. The van der Waals surface area contributed by atoms with E-state index >= 15 is 0 Å². The van der Waals surface area contributed by atoms with Crippen LogP contribution in [0, 0.1) is 0 Å². The fraction of sp³-hybridized carbons (Fsp3) is 0.300. The van der Waals surface area contributed by atoms with Crippen LogP contribution in [-0.2, 0) is 6.42 Å². The first-order chi connectivity index (χ1) is 6.75. The van der Waals surface area contributed by atoms with Gasteiger partial charge in [-0.15, -0.1) is 11.3 Å². The van der Waals surface area contributed by atoms with Crippen LogP contribution >= 0.6 is 11.3 Å². The van der Waals surface area contributed by atoms with Crippen LogP contribution in [-0.4, -0.2) is 10.1 Å². The Labute approximate surface area is 86.0 Å². The Bertz CT molecular complexity index is 392. The van der Waals surface area contributed by atoms with Crippen molar-refractivity contribution in [2.45, 2.75) is 19.4 Å². The van der Waals surface area contributed by atoms with Gasteiger partial charge in [0, 0.05) is 4.88 Å². The van der Waals surface area contributed by atoms with Crippen molar-refractivity contribution >= 4 is 11.3 Å². The van der Waals surface area contributed by atoms with Gasteiger partial charge in [0.1, 0.15) is 12.0 Å². The van der Waals surface area contributed by atoms with E-state index < -0.39 is 6.10 Å². The molecule has 14 heavy (non-hydrogen) atoms. The summed E-state index contributed by atoms with van der Waals surface area (Å²) in [6, 6.07) is 4.04. The van der Waals surface area contributed by atoms with Crippen LogP contribution < -0.4 is 0 Å². The Balaban J connectivity index is 2.11. The van der Waals surface area contributed by atoms with E-state index in [1.807, 2.05) is 17.5 Å². The molecule has 0 aliphatic carbocycles. The molecule has 1 N–H and O–H groups in total. The van der Waals surface area contributed by atoms with Gasteiger partial charge in [-0.05, 0) is 18.4 Å². The zero-order chi connectivity index (χ0) is 9.97. The van der Waals surface area contributed by atoms with E-state index in [1.165, 1.54) is 11.1 Å². The summed E-state index contributed by atoms with van der Waals surface area (Å²) in [7, 11) is 0. The third-order valence-electron chi connectivity index (χ3n) is 1.90. The number of aliphatic hydroxyl groups excluding tert-OH is 1. The Hall–Kier alpha value is -1.13. The molecule has 1 unspecified atom stereocenters. The van der Waals surface area contributed by atoms with E-state index in [0.717, 1.165) is 0 Å². The maximum absolute atomic E-state index is 9.24. The minimum Gasteiger partial charge on any atom is -0.448 e. The van der Waals surface area contributed by atoms with Crippen LogP contribution in [0.25, 0.3) is 0 Å². The van der Waals surface area contributed by atoms with E-state index in [1.54, 1.807) is 18.3 Å². The highest BCUT2D eigenvalue weighted by atomic mass is 32.1. The third kappa shape index (κ3) is 2.02. The highest BCUT2D eigenvalue weighted by Crippen LogP contribution is 2.16. The highest BCUT2D eigenvalue weighted by Gasteiger charge is 2.08. The van der Waals surface area contributed by atoms with Gasteiger partial charge in [0.15, 0.2) is 5.89 Å². The molecular weight excluding hydrogens is 198 g/mol. The summed E-state index contributed by atoms with van der Waals surface area (Å²) in [6.45, 7) is 1.67. The quantitative estimate of drug-likeness (QED) is 0.844. The van der Waals surface area contributed by atoms with E-state index in [0.29, 0.717) is 18.0 Å². The molecule has 0 amide bonds. The van der Waals surface area contributed by atoms with Gasteiger partial charge in [0.25, 0.3) is 0 Å². The number of oxazole rings is 1. The second kappa shape index (κ2) is 3.94. The average molecular weight is 209 g/mol. The standard InChI is InChI=1S/C10H11NO2S/c1-7(12)9-6-13-10(11-9)5-8-3-2-4-14-8/h2-4,6-7,12H,5H2,1H3. The number of thiophene rings is 1. The maximum atomic E-state index is 9.24. The van der Waals surface area contributed by atoms with Crippen LogP contribution in [0.2, 0.25) is 0 Å². The molecular formula is C10H11NO2S. The zero-order valence-corrected chi connectivity index (χ0v) is 8.62. The molecule has 1 atom stereocenters. The number of aromatic nitrogens is 1. The number of rotatable bonds is 3. The minimum absolute atomic E-state index is 0.559. The molecule has 2 heterocycles. The fourth-order valence-electron chi connectivity index (χ4n) is 1.16. The predicted octanol–water partition coefficient (Wildman–Crippen LogP) is 2.38. The van der Waals surface area contributed by atoms with Crippen LogP contribution in [0.5, 0.6) is 0 Å². The lowest BCUT2D eigenvalue weighted by molar-refractivity contribution is 0.194. The van der Waals surface area contributed by atoms with Crippen molar-refractivity contribution in [3.63, 3.8) is 0 Å². The molecule has 2 rings (SSSR count). The molecule has 0 aliphatic rings. The Kier molecular flexibility index (Phi) is 2.65. The van der Waals surface area contributed by atoms with Crippen molar-refractivity contribution in [3.8, 4) is 0 Å². The van der Waals surface area contributed by atoms with Crippen molar-refractivity contribution in [1.82, 2.24) is 4.98 Å². The van der Waals surface area contributed by atoms with Crippen molar-refractivity contribution in [3.05, 3.63) is 40.2 Å². The molecule has 74 valence electrons. The molecule has 4 heteroatoms. The maximum Gasteiger partial charge on any atom is 0.199 e. The summed E-state index contributed by atoms with van der Waals surface area (Å²) in [5.41, 5.74) is 0.594. The average Bonchev–Trinajstić information content (AvgIpc) is 2.75. The SMILES string of the molecule is CC(O)c1coc(Cc2cccs2)n1. The van der Waals surface area contributed by atoms with Gasteiger partial charge < -0.3 is 9.52 Å². The first kappa shape index (κ1) is 9.43. The summed E-state index contributed by atoms with van der Waals surface area (Å²) < 4.78 is 5.23. The van der Waals surface area contributed by atoms with Crippen molar-refractivity contribution in [2.24, 2.45) is 0 Å². The Morgan fingerprint density at radius 1 is 1.64 bits per heavy atom. The highest BCUT2D eigenvalue weighted by molar-refractivity contribution is 7.09. The van der Waals surface area contributed by atoms with Gasteiger partial charge >= 0.3 is 0 Å². The topological polar surface area (TPSA) is 46.3 Å². The monoisotopic (exact) mass is 209 g/mol. The van der Waals surface area contributed by atoms with Crippen LogP contribution in [0.1, 0.15) is 29.5 Å². The van der Waals surface area contributed by atoms with Crippen LogP contribution in [0.3, 0.4) is 0 Å². The first-order valence-corrected chi connectivity index (χ1v) is 5.28. The number of aliphatic hydroxyl groups is 1. The second-order valence-corrected chi connectivity index (χ2v) is 4.13. The number of nitrogens with zero attached hydrogens (tertiary/aromatic N) is 1. The van der Waals surface area contributed by atoms with Gasteiger partial charge in [-0.2, -0.15) is 0 Å². The fourth-order valence-corrected chi connectivity index (χ4v) is 1.86. The van der Waals surface area contributed by atoms with Gasteiger partial charge in [0.2, 0.25) is 0 Å². The lowest BCUT2D eigenvalue weighted by atomic mass is 10.3. The van der Waals surface area contributed by atoms with Crippen molar-refractivity contribution in [1.29, 1.82) is 0 Å². The summed E-state index contributed by atoms with van der Waals surface area (Å²) in [6.07, 6.45) is 1.65. The lowest BCUT2D eigenvalue weighted by Crippen LogP contribution is -1.92. The smallest absolute Gasteiger partial charge is 0.199 e. The molecule has 2 aromatic rings. The van der Waals surface area contributed by atoms with Gasteiger partial charge in [-0.1, -0.05) is 6.07 Å². The van der Waals surface area contributed by atoms with Gasteiger partial charge in [-0.25, -0.2) is 4.98 Å². The number of hydrogen-bond acceptors (Lipinski definition) is 4. The molecule has 3 nitrogen and oxygen atoms in total. The molecule has 0 aliphatic heterocycles. The van der Waals surface area contributed by atoms with Gasteiger partial charge in [-0.3, -0.25) is 0 Å². The molecule has 0 saturated carbocycles. The first-order valence-electron chi connectivity index (χ1n) is 4.40. The van der Waals surface area contributed by atoms with Gasteiger partial charge in [0.05, 0.1) is 12.5 Å². The summed E-state index contributed by atoms with van der Waals surface area (Å²) in [4.78, 5) is 5.39. The molecule has 0 spiro atoms. The van der Waals surface area contributed by atoms with Crippen LogP contribution in [0.4, 0.5) is 0 Å². The molecule has 0 aromatic carbocycles. The Morgan fingerprint density at radius 3 is 3.07 bits per heavy atom. The Morgan fingerprint density at radius 2 is 2.50 bits per heavy atom. The van der Waals surface area contributed by atoms with Crippen LogP contribution in [0.15, 0.2) is 28.2 Å². The molecule has 0 bridgehead atoms. The lowest BCUT2D eigenvalue weighted by Gasteiger charge is -1.94. The predicted molar refractivity (Wildman–Crippen MR) is 54.3 cm³/mol. The number of hydrogen-bond donors (Lipinski definition) is 1. The summed E-state index contributed by atoms with van der Waals surface area (Å²) >= 11 is 1.67. The van der Waals surface area contributed by atoms with E-state index in [4.69, 9.17) is 4.42 Å². The minimum atomic E-state index is -0.559. The largest absolute Gasteiger partial charge is 0.448 e. The van der Waals surface area contributed by atoms with E-state index in [9.17, 15) is 5.11 Å². The van der Waals surface area contributed by atoms with E-state index in [-0.39, 0.29) is 0 Å². The molecule has 2 aromatic heterocycles.